The maximum atomic E-state index is 12.7. The van der Waals surface area contributed by atoms with E-state index < -0.39 is 25.4 Å². The van der Waals surface area contributed by atoms with Crippen LogP contribution in [0.1, 0.15) is 39.7 Å². The van der Waals surface area contributed by atoms with Crippen molar-refractivity contribution in [3.63, 3.8) is 0 Å². The lowest BCUT2D eigenvalue weighted by Gasteiger charge is -2.28. The number of rotatable bonds is 6. The molecule has 2 heterocycles. The fourth-order valence-electron chi connectivity index (χ4n) is 3.25. The van der Waals surface area contributed by atoms with E-state index in [1.54, 1.807) is 28.1 Å². The second kappa shape index (κ2) is 12.8. The molecule has 0 unspecified atom stereocenters. The molecule has 10 heteroatoms. The SMILES string of the molecule is CC1=CCN(C(=O)OC(C)(C)C)CC1.C[Si](C)(C)CCOCn1cnc(-c2cccc(C(F)(F)F)c2)c1. The van der Waals surface area contributed by atoms with Crippen LogP contribution in [0.25, 0.3) is 11.3 Å². The molecule has 1 aliphatic heterocycles. The normalized spacial score (nSPS) is 14.5. The van der Waals surface area contributed by atoms with Crippen LogP contribution < -0.4 is 0 Å². The van der Waals surface area contributed by atoms with E-state index in [1.165, 1.54) is 11.6 Å². The van der Waals surface area contributed by atoms with Crippen molar-refractivity contribution >= 4 is 14.2 Å². The molecule has 1 amide bonds. The number of carbonyl (C=O) groups is 1. The molecular weight excluding hydrogens is 499 g/mol. The lowest BCUT2D eigenvalue weighted by Crippen LogP contribution is -2.39. The standard InChI is InChI=1S/C16H21F3N2OSi.C11H19NO2/c1-23(2,3)8-7-22-12-21-10-15(20-11-21)13-5-4-6-14(9-13)16(17,18)19;1-9-5-7-12(8-6-9)10(13)14-11(2,3)4/h4-6,9-11H,7-8,12H2,1-3H3;5H,6-8H2,1-4H3. The van der Waals surface area contributed by atoms with Crippen molar-refractivity contribution < 1.29 is 27.4 Å². The van der Waals surface area contributed by atoms with Crippen molar-refractivity contribution in [1.82, 2.24) is 14.5 Å². The third-order valence-electron chi connectivity index (χ3n) is 5.44. The molecule has 1 aromatic heterocycles. The van der Waals surface area contributed by atoms with Crippen LogP contribution in [0.15, 0.2) is 48.4 Å². The van der Waals surface area contributed by atoms with Gasteiger partial charge in [0.05, 0.1) is 17.6 Å². The van der Waals surface area contributed by atoms with Gasteiger partial charge in [0.15, 0.2) is 0 Å². The predicted octanol–water partition coefficient (Wildman–Crippen LogP) is 7.45. The summed E-state index contributed by atoms with van der Waals surface area (Å²) in [6.45, 7) is 17.1. The molecule has 0 N–H and O–H groups in total. The summed E-state index contributed by atoms with van der Waals surface area (Å²) in [7, 11) is -1.12. The topological polar surface area (TPSA) is 56.6 Å². The maximum Gasteiger partial charge on any atom is 0.416 e. The van der Waals surface area contributed by atoms with Gasteiger partial charge >= 0.3 is 12.3 Å². The van der Waals surface area contributed by atoms with E-state index >= 15 is 0 Å². The third kappa shape index (κ3) is 11.6. The van der Waals surface area contributed by atoms with Gasteiger partial charge in [-0.1, -0.05) is 43.4 Å². The summed E-state index contributed by atoms with van der Waals surface area (Å²) >= 11 is 0. The number of amides is 1. The average molecular weight is 540 g/mol. The Morgan fingerprint density at radius 2 is 1.86 bits per heavy atom. The fraction of sp³-hybridized carbons (Fsp3) is 0.556. The number of imidazole rings is 1. The van der Waals surface area contributed by atoms with Gasteiger partial charge in [-0.05, 0) is 52.3 Å². The van der Waals surface area contributed by atoms with E-state index in [9.17, 15) is 18.0 Å². The first-order chi connectivity index (χ1) is 17.0. The summed E-state index contributed by atoms with van der Waals surface area (Å²) in [5.74, 6) is 0. The maximum absolute atomic E-state index is 12.7. The summed E-state index contributed by atoms with van der Waals surface area (Å²) in [5, 5.41) is 0. The van der Waals surface area contributed by atoms with E-state index in [0.717, 1.165) is 31.1 Å². The molecule has 0 fully saturated rings. The molecule has 0 atom stereocenters. The number of ether oxygens (including phenoxy) is 2. The molecular formula is C27H40F3N3O3Si. The first kappa shape index (κ1) is 30.6. The van der Waals surface area contributed by atoms with Gasteiger partial charge in [0, 0.05) is 39.5 Å². The summed E-state index contributed by atoms with van der Waals surface area (Å²) in [4.78, 5) is 17.5. The minimum atomic E-state index is -4.35. The molecule has 0 spiro atoms. The summed E-state index contributed by atoms with van der Waals surface area (Å²) in [6, 6.07) is 6.25. The Balaban J connectivity index is 0.000000294. The number of hydrogen-bond donors (Lipinski definition) is 0. The number of nitrogens with zero attached hydrogens (tertiary/aromatic N) is 3. The van der Waals surface area contributed by atoms with Crippen LogP contribution in [0.3, 0.4) is 0 Å². The molecule has 37 heavy (non-hydrogen) atoms. The van der Waals surface area contributed by atoms with Crippen molar-refractivity contribution in [2.24, 2.45) is 0 Å². The molecule has 3 rings (SSSR count). The van der Waals surface area contributed by atoms with E-state index in [0.29, 0.717) is 31.1 Å². The quantitative estimate of drug-likeness (QED) is 0.217. The Kier molecular flexibility index (Phi) is 10.6. The summed E-state index contributed by atoms with van der Waals surface area (Å²) < 4.78 is 50.9. The third-order valence-corrected chi connectivity index (χ3v) is 7.15. The number of hydrogen-bond acceptors (Lipinski definition) is 4. The van der Waals surface area contributed by atoms with Gasteiger partial charge in [0.1, 0.15) is 12.3 Å². The van der Waals surface area contributed by atoms with Crippen LogP contribution in [0.5, 0.6) is 0 Å². The highest BCUT2D eigenvalue weighted by atomic mass is 28.3. The lowest BCUT2D eigenvalue weighted by atomic mass is 10.1. The highest BCUT2D eigenvalue weighted by Crippen LogP contribution is 2.31. The number of halogens is 3. The van der Waals surface area contributed by atoms with Gasteiger partial charge in [-0.15, -0.1) is 0 Å². The molecule has 0 saturated heterocycles. The van der Waals surface area contributed by atoms with Gasteiger partial charge < -0.3 is 18.9 Å². The average Bonchev–Trinajstić information content (AvgIpc) is 3.24. The van der Waals surface area contributed by atoms with Gasteiger partial charge in [0.2, 0.25) is 0 Å². The van der Waals surface area contributed by atoms with Crippen molar-refractivity contribution in [2.45, 2.75) is 78.3 Å². The zero-order chi connectivity index (χ0) is 27.9. The largest absolute Gasteiger partial charge is 0.444 e. The Bertz CT molecular complexity index is 1050. The molecule has 1 aromatic carbocycles. The van der Waals surface area contributed by atoms with Crippen molar-refractivity contribution in [2.75, 3.05) is 19.7 Å². The van der Waals surface area contributed by atoms with E-state index in [1.807, 2.05) is 20.8 Å². The van der Waals surface area contributed by atoms with Crippen molar-refractivity contribution in [3.8, 4) is 11.3 Å². The molecule has 0 bridgehead atoms. The molecule has 2 aromatic rings. The zero-order valence-electron chi connectivity index (χ0n) is 23.0. The predicted molar refractivity (Wildman–Crippen MR) is 143 cm³/mol. The van der Waals surface area contributed by atoms with Crippen molar-refractivity contribution in [3.05, 3.63) is 54.0 Å². The smallest absolute Gasteiger partial charge is 0.416 e. The second-order valence-corrected chi connectivity index (χ2v) is 17.0. The first-order valence-corrected chi connectivity index (χ1v) is 16.1. The van der Waals surface area contributed by atoms with E-state index in [4.69, 9.17) is 9.47 Å². The Labute approximate surface area is 219 Å². The van der Waals surface area contributed by atoms with Gasteiger partial charge in [0.25, 0.3) is 0 Å². The van der Waals surface area contributed by atoms with Crippen LogP contribution in [0, 0.1) is 0 Å². The molecule has 6 nitrogen and oxygen atoms in total. The summed E-state index contributed by atoms with van der Waals surface area (Å²) in [5.41, 5.74) is 1.24. The van der Waals surface area contributed by atoms with Crippen molar-refractivity contribution in [1.29, 1.82) is 0 Å². The van der Waals surface area contributed by atoms with Gasteiger partial charge in [-0.25, -0.2) is 9.78 Å². The Morgan fingerprint density at radius 3 is 2.43 bits per heavy atom. The highest BCUT2D eigenvalue weighted by Gasteiger charge is 2.30. The van der Waals surface area contributed by atoms with E-state index in [2.05, 4.69) is 37.6 Å². The molecule has 0 saturated carbocycles. The zero-order valence-corrected chi connectivity index (χ0v) is 24.0. The molecule has 0 aliphatic carbocycles. The van der Waals surface area contributed by atoms with Crippen LogP contribution in [0.2, 0.25) is 25.7 Å². The monoisotopic (exact) mass is 539 g/mol. The number of carbonyl (C=O) groups excluding carboxylic acids is 1. The number of benzene rings is 1. The van der Waals surface area contributed by atoms with E-state index in [-0.39, 0.29) is 6.09 Å². The van der Waals surface area contributed by atoms with Crippen LogP contribution in [0.4, 0.5) is 18.0 Å². The van der Waals surface area contributed by atoms with Gasteiger partial charge in [-0.3, -0.25) is 0 Å². The fourth-order valence-corrected chi connectivity index (χ4v) is 4.00. The second-order valence-electron chi connectivity index (χ2n) is 11.4. The van der Waals surface area contributed by atoms with Gasteiger partial charge in [-0.2, -0.15) is 13.2 Å². The lowest BCUT2D eigenvalue weighted by molar-refractivity contribution is -0.137. The van der Waals surface area contributed by atoms with Crippen LogP contribution in [-0.4, -0.2) is 53.9 Å². The molecule has 1 aliphatic rings. The Hall–Kier alpha value is -2.59. The highest BCUT2D eigenvalue weighted by molar-refractivity contribution is 6.76. The number of alkyl halides is 3. The minimum absolute atomic E-state index is 0.207. The van der Waals surface area contributed by atoms with Crippen LogP contribution in [-0.2, 0) is 22.4 Å². The minimum Gasteiger partial charge on any atom is -0.444 e. The first-order valence-electron chi connectivity index (χ1n) is 12.4. The number of aromatic nitrogens is 2. The molecule has 0 radical (unpaired) electrons. The Morgan fingerprint density at radius 1 is 1.16 bits per heavy atom. The molecule has 206 valence electrons. The van der Waals surface area contributed by atoms with Crippen LogP contribution >= 0.6 is 0 Å². The summed E-state index contributed by atoms with van der Waals surface area (Å²) in [6.07, 6.45) is 1.75.